The van der Waals surface area contributed by atoms with Gasteiger partial charge in [0.2, 0.25) is 5.91 Å². The van der Waals surface area contributed by atoms with Crippen LogP contribution in [0.5, 0.6) is 0 Å². The van der Waals surface area contributed by atoms with Crippen LogP contribution in [-0.2, 0) is 22.6 Å². The van der Waals surface area contributed by atoms with Crippen LogP contribution in [0.2, 0.25) is 5.02 Å². The van der Waals surface area contributed by atoms with Crippen LogP contribution in [0.25, 0.3) is 11.0 Å². The van der Waals surface area contributed by atoms with E-state index in [1.54, 1.807) is 47.3 Å². The van der Waals surface area contributed by atoms with Gasteiger partial charge in [0.15, 0.2) is 0 Å². The molecule has 3 aromatic carbocycles. The molecule has 8 nitrogen and oxygen atoms in total. The summed E-state index contributed by atoms with van der Waals surface area (Å²) in [6.07, 6.45) is 1.62. The average molecular weight is 477 g/mol. The van der Waals surface area contributed by atoms with Crippen molar-refractivity contribution < 1.29 is 19.1 Å². The van der Waals surface area contributed by atoms with Crippen LogP contribution in [0.3, 0.4) is 0 Å². The van der Waals surface area contributed by atoms with Crippen LogP contribution in [0, 0.1) is 0 Å². The van der Waals surface area contributed by atoms with Crippen molar-refractivity contribution in [3.8, 4) is 0 Å². The summed E-state index contributed by atoms with van der Waals surface area (Å²) < 4.78 is 6.58. The molecule has 0 unspecified atom stereocenters. The highest BCUT2D eigenvalue weighted by Crippen LogP contribution is 2.20. The highest BCUT2D eigenvalue weighted by Gasteiger charge is 2.14. The number of benzene rings is 3. The van der Waals surface area contributed by atoms with E-state index >= 15 is 0 Å². The number of imidazole rings is 1. The van der Waals surface area contributed by atoms with Crippen molar-refractivity contribution in [1.82, 2.24) is 14.9 Å². The van der Waals surface area contributed by atoms with E-state index in [0.29, 0.717) is 21.8 Å². The molecule has 0 aliphatic rings. The highest BCUT2D eigenvalue weighted by molar-refractivity contribution is 6.34. The van der Waals surface area contributed by atoms with Gasteiger partial charge in [0.25, 0.3) is 5.91 Å². The van der Waals surface area contributed by atoms with Gasteiger partial charge < -0.3 is 19.9 Å². The zero-order valence-electron chi connectivity index (χ0n) is 18.2. The third-order valence-corrected chi connectivity index (χ3v) is 5.45. The van der Waals surface area contributed by atoms with Gasteiger partial charge in [-0.25, -0.2) is 9.78 Å². The van der Waals surface area contributed by atoms with E-state index in [9.17, 15) is 14.4 Å². The molecule has 2 N–H and O–H groups in total. The van der Waals surface area contributed by atoms with E-state index in [2.05, 4.69) is 15.6 Å². The second kappa shape index (κ2) is 10.2. The summed E-state index contributed by atoms with van der Waals surface area (Å²) in [5.74, 6) is -1.21. The van der Waals surface area contributed by atoms with E-state index in [0.717, 1.165) is 11.0 Å². The Bertz CT molecular complexity index is 1380. The molecule has 0 atom stereocenters. The number of rotatable bonds is 7. The van der Waals surface area contributed by atoms with Gasteiger partial charge in [-0.2, -0.15) is 0 Å². The minimum atomic E-state index is -0.564. The van der Waals surface area contributed by atoms with Gasteiger partial charge in [0.1, 0.15) is 6.54 Å². The Kier molecular flexibility index (Phi) is 6.89. The first-order chi connectivity index (χ1) is 16.4. The first-order valence-electron chi connectivity index (χ1n) is 10.4. The van der Waals surface area contributed by atoms with Gasteiger partial charge in [-0.3, -0.25) is 9.59 Å². The van der Waals surface area contributed by atoms with Gasteiger partial charge in [0.05, 0.1) is 40.6 Å². The van der Waals surface area contributed by atoms with Crippen molar-refractivity contribution in [3.05, 3.63) is 94.8 Å². The summed E-state index contributed by atoms with van der Waals surface area (Å²) >= 11 is 6.11. The number of hydrogen-bond donors (Lipinski definition) is 2. The zero-order valence-corrected chi connectivity index (χ0v) is 19.0. The number of nitrogens with one attached hydrogen (secondary N) is 2. The Hall–Kier alpha value is -4.17. The number of aromatic nitrogens is 2. The number of carbonyl (C=O) groups excluding carboxylic acids is 3. The number of methoxy groups -OCH3 is 1. The maximum Gasteiger partial charge on any atom is 0.337 e. The molecule has 0 bridgehead atoms. The van der Waals surface area contributed by atoms with Crippen molar-refractivity contribution >= 4 is 46.1 Å². The smallest absolute Gasteiger partial charge is 0.337 e. The van der Waals surface area contributed by atoms with Crippen molar-refractivity contribution in [1.29, 1.82) is 0 Å². The fraction of sp³-hybridized carbons (Fsp3) is 0.120. The zero-order chi connectivity index (χ0) is 24.1. The minimum absolute atomic E-state index is 0.0906. The number of carbonyl (C=O) groups is 3. The maximum absolute atomic E-state index is 12.7. The molecule has 0 radical (unpaired) electrons. The van der Waals surface area contributed by atoms with Gasteiger partial charge in [-0.15, -0.1) is 0 Å². The molecule has 4 rings (SSSR count). The summed E-state index contributed by atoms with van der Waals surface area (Å²) in [7, 11) is 1.27. The monoisotopic (exact) mass is 476 g/mol. The fourth-order valence-corrected chi connectivity index (χ4v) is 3.71. The van der Waals surface area contributed by atoms with Crippen molar-refractivity contribution in [2.24, 2.45) is 0 Å². The number of halogens is 1. The van der Waals surface area contributed by atoms with Crippen LogP contribution in [-0.4, -0.2) is 34.4 Å². The first-order valence-corrected chi connectivity index (χ1v) is 10.8. The van der Waals surface area contributed by atoms with Crippen molar-refractivity contribution in [2.75, 3.05) is 12.4 Å². The topological polar surface area (TPSA) is 102 Å². The second-order valence-electron chi connectivity index (χ2n) is 7.48. The molecule has 9 heteroatoms. The van der Waals surface area contributed by atoms with Gasteiger partial charge in [-0.1, -0.05) is 35.9 Å². The number of esters is 1. The number of fused-ring (bicyclic) bond motifs is 1. The van der Waals surface area contributed by atoms with Crippen LogP contribution in [0.15, 0.2) is 73.1 Å². The Morgan fingerprint density at radius 3 is 2.59 bits per heavy atom. The molecular formula is C25H21ClN4O4. The minimum Gasteiger partial charge on any atom is -0.465 e. The number of ether oxygens (including phenoxy) is 1. The summed E-state index contributed by atoms with van der Waals surface area (Å²) in [6, 6.07) is 19.0. The van der Waals surface area contributed by atoms with E-state index in [-0.39, 0.29) is 24.6 Å². The Morgan fingerprint density at radius 1 is 1.03 bits per heavy atom. The van der Waals surface area contributed by atoms with Crippen LogP contribution >= 0.6 is 11.6 Å². The number of nitrogens with zero attached hydrogens (tertiary/aromatic N) is 2. The largest absolute Gasteiger partial charge is 0.465 e. The molecule has 0 spiro atoms. The Morgan fingerprint density at radius 2 is 1.79 bits per heavy atom. The molecule has 4 aromatic rings. The first kappa shape index (κ1) is 23.0. The van der Waals surface area contributed by atoms with E-state index in [1.165, 1.54) is 13.2 Å². The lowest BCUT2D eigenvalue weighted by molar-refractivity contribution is -0.121. The predicted octanol–water partition coefficient (Wildman–Crippen LogP) is 4.05. The molecule has 172 valence electrons. The molecule has 1 heterocycles. The molecule has 0 fully saturated rings. The van der Waals surface area contributed by atoms with E-state index in [4.69, 9.17) is 16.3 Å². The highest BCUT2D eigenvalue weighted by atomic mass is 35.5. The van der Waals surface area contributed by atoms with Crippen LogP contribution in [0.4, 0.5) is 5.69 Å². The third-order valence-electron chi connectivity index (χ3n) is 5.12. The number of hydrogen-bond acceptors (Lipinski definition) is 5. The van der Waals surface area contributed by atoms with E-state index < -0.39 is 11.9 Å². The second-order valence-corrected chi connectivity index (χ2v) is 7.89. The molecule has 34 heavy (non-hydrogen) atoms. The molecule has 2 amide bonds. The van der Waals surface area contributed by atoms with Gasteiger partial charge in [-0.05, 0) is 48.0 Å². The standard InChI is InChI=1S/C25H21ClN4O4/c1-34-25(33)17-10-16(11-18(12-17)29-24(32)19-6-2-3-7-20(19)26)13-27-23(31)14-30-15-28-21-8-4-5-9-22(21)30/h2-12,15H,13-14H2,1H3,(H,27,31)(H,29,32). The van der Waals surface area contributed by atoms with Crippen molar-refractivity contribution in [3.63, 3.8) is 0 Å². The summed E-state index contributed by atoms with van der Waals surface area (Å²) in [6.45, 7) is 0.235. The van der Waals surface area contributed by atoms with Crippen molar-refractivity contribution in [2.45, 2.75) is 13.1 Å². The lowest BCUT2D eigenvalue weighted by Gasteiger charge is -2.12. The Labute approximate surface area is 200 Å². The molecule has 0 aliphatic carbocycles. The predicted molar refractivity (Wildman–Crippen MR) is 129 cm³/mol. The summed E-state index contributed by atoms with van der Waals surface area (Å²) in [4.78, 5) is 41.6. The van der Waals surface area contributed by atoms with Gasteiger partial charge >= 0.3 is 5.97 Å². The lowest BCUT2D eigenvalue weighted by atomic mass is 10.1. The summed E-state index contributed by atoms with van der Waals surface area (Å²) in [5.41, 5.74) is 3.19. The molecular weight excluding hydrogens is 456 g/mol. The normalized spacial score (nSPS) is 10.6. The van der Waals surface area contributed by atoms with E-state index in [1.807, 2.05) is 24.3 Å². The quantitative estimate of drug-likeness (QED) is 0.392. The fourth-order valence-electron chi connectivity index (χ4n) is 3.49. The average Bonchev–Trinajstić information content (AvgIpc) is 3.25. The summed E-state index contributed by atoms with van der Waals surface area (Å²) in [5, 5.41) is 5.89. The van der Waals surface area contributed by atoms with Crippen LogP contribution < -0.4 is 10.6 Å². The SMILES string of the molecule is COC(=O)c1cc(CNC(=O)Cn2cnc3ccccc32)cc(NC(=O)c2ccccc2Cl)c1. The molecule has 1 aromatic heterocycles. The van der Waals surface area contributed by atoms with Gasteiger partial charge in [0, 0.05) is 12.2 Å². The molecule has 0 saturated carbocycles. The lowest BCUT2D eigenvalue weighted by Crippen LogP contribution is -2.27. The molecule has 0 saturated heterocycles. The number of amides is 2. The Balaban J connectivity index is 1.49. The third kappa shape index (κ3) is 5.24. The molecule has 0 aliphatic heterocycles. The number of para-hydroxylation sites is 2. The maximum atomic E-state index is 12.7. The number of anilines is 1. The van der Waals surface area contributed by atoms with Crippen LogP contribution in [0.1, 0.15) is 26.3 Å².